The molecule has 0 saturated heterocycles. The van der Waals surface area contributed by atoms with Crippen molar-refractivity contribution in [1.82, 2.24) is 19.4 Å². The first kappa shape index (κ1) is 20.1. The number of fused-ring (bicyclic) bond motifs is 9. The Morgan fingerprint density at radius 1 is 0.405 bits per heavy atom. The SMILES string of the molecule is c1ccc(-c2nc3ccccc3nc2-c2ccc3c4ccccc4c4nc5ccccc5n4c3c2)cc1. The van der Waals surface area contributed by atoms with Crippen LogP contribution >= 0.6 is 0 Å². The monoisotopic (exact) mass is 472 g/mol. The molecule has 0 N–H and O–H groups in total. The van der Waals surface area contributed by atoms with Gasteiger partial charge in [0.25, 0.3) is 0 Å². The predicted molar refractivity (Wildman–Crippen MR) is 152 cm³/mol. The van der Waals surface area contributed by atoms with Crippen molar-refractivity contribution in [1.29, 1.82) is 0 Å². The molecule has 8 aromatic rings. The average Bonchev–Trinajstić information content (AvgIpc) is 3.37. The fourth-order valence-electron chi connectivity index (χ4n) is 5.45. The van der Waals surface area contributed by atoms with Gasteiger partial charge < -0.3 is 0 Å². The second-order valence-corrected chi connectivity index (χ2v) is 9.31. The van der Waals surface area contributed by atoms with Crippen LogP contribution in [0.25, 0.3) is 71.9 Å². The fraction of sp³-hybridized carbons (Fsp3) is 0. The van der Waals surface area contributed by atoms with Gasteiger partial charge in [-0.05, 0) is 35.7 Å². The van der Waals surface area contributed by atoms with E-state index in [9.17, 15) is 0 Å². The van der Waals surface area contributed by atoms with Gasteiger partial charge in [0.05, 0.1) is 39.0 Å². The lowest BCUT2D eigenvalue weighted by Gasteiger charge is -2.13. The molecule has 5 aromatic carbocycles. The normalized spacial score (nSPS) is 11.8. The maximum Gasteiger partial charge on any atom is 0.146 e. The molecule has 4 heteroatoms. The lowest BCUT2D eigenvalue weighted by atomic mass is 10.00. The quantitative estimate of drug-likeness (QED) is 0.239. The lowest BCUT2D eigenvalue weighted by Crippen LogP contribution is -1.97. The van der Waals surface area contributed by atoms with Gasteiger partial charge in [0.15, 0.2) is 0 Å². The van der Waals surface area contributed by atoms with E-state index < -0.39 is 0 Å². The van der Waals surface area contributed by atoms with Crippen LogP contribution in [0.1, 0.15) is 0 Å². The highest BCUT2D eigenvalue weighted by atomic mass is 15.0. The van der Waals surface area contributed by atoms with E-state index in [1.807, 2.05) is 48.5 Å². The maximum atomic E-state index is 5.13. The molecule has 0 saturated carbocycles. The van der Waals surface area contributed by atoms with Gasteiger partial charge in [-0.15, -0.1) is 0 Å². The van der Waals surface area contributed by atoms with Crippen LogP contribution in [0, 0.1) is 0 Å². The molecule has 172 valence electrons. The highest BCUT2D eigenvalue weighted by Crippen LogP contribution is 2.36. The Morgan fingerprint density at radius 3 is 1.81 bits per heavy atom. The van der Waals surface area contributed by atoms with Crippen LogP contribution in [-0.2, 0) is 0 Å². The summed E-state index contributed by atoms with van der Waals surface area (Å²) in [5.41, 5.74) is 9.76. The Morgan fingerprint density at radius 2 is 1.03 bits per heavy atom. The first-order valence-corrected chi connectivity index (χ1v) is 12.4. The molecule has 0 radical (unpaired) electrons. The van der Waals surface area contributed by atoms with Gasteiger partial charge in [-0.25, -0.2) is 15.0 Å². The number of nitrogens with zero attached hydrogens (tertiary/aromatic N) is 4. The number of hydrogen-bond donors (Lipinski definition) is 0. The molecule has 0 fully saturated rings. The van der Waals surface area contributed by atoms with E-state index in [0.717, 1.165) is 61.1 Å². The van der Waals surface area contributed by atoms with Crippen molar-refractivity contribution >= 4 is 49.4 Å². The van der Waals surface area contributed by atoms with Crippen LogP contribution in [0.4, 0.5) is 0 Å². The van der Waals surface area contributed by atoms with Crippen molar-refractivity contribution in [3.05, 3.63) is 121 Å². The minimum atomic E-state index is 0.873. The Kier molecular flexibility index (Phi) is 4.19. The second-order valence-electron chi connectivity index (χ2n) is 9.31. The molecule has 8 rings (SSSR count). The van der Waals surface area contributed by atoms with Crippen LogP contribution in [0.3, 0.4) is 0 Å². The Bertz CT molecular complexity index is 2140. The van der Waals surface area contributed by atoms with Crippen LogP contribution < -0.4 is 0 Å². The molecule has 0 amide bonds. The summed E-state index contributed by atoms with van der Waals surface area (Å²) >= 11 is 0. The zero-order chi connectivity index (χ0) is 24.3. The van der Waals surface area contributed by atoms with Crippen molar-refractivity contribution in [3.8, 4) is 22.5 Å². The number of rotatable bonds is 2. The van der Waals surface area contributed by atoms with E-state index in [2.05, 4.69) is 77.2 Å². The third-order valence-corrected chi connectivity index (χ3v) is 7.15. The van der Waals surface area contributed by atoms with Crippen molar-refractivity contribution in [2.24, 2.45) is 0 Å². The van der Waals surface area contributed by atoms with Crippen molar-refractivity contribution in [3.63, 3.8) is 0 Å². The van der Waals surface area contributed by atoms with E-state index in [0.29, 0.717) is 0 Å². The molecule has 37 heavy (non-hydrogen) atoms. The van der Waals surface area contributed by atoms with Crippen LogP contribution in [0.2, 0.25) is 0 Å². The summed E-state index contributed by atoms with van der Waals surface area (Å²) in [6.07, 6.45) is 0. The number of para-hydroxylation sites is 4. The van der Waals surface area contributed by atoms with Crippen LogP contribution in [0.15, 0.2) is 121 Å². The molecule has 0 aliphatic rings. The van der Waals surface area contributed by atoms with Gasteiger partial charge in [-0.2, -0.15) is 0 Å². The Labute approximate surface area is 212 Å². The minimum Gasteiger partial charge on any atom is -0.292 e. The van der Waals surface area contributed by atoms with Crippen molar-refractivity contribution < 1.29 is 0 Å². The number of aromatic nitrogens is 4. The molecule has 0 spiro atoms. The van der Waals surface area contributed by atoms with Gasteiger partial charge in [0, 0.05) is 21.9 Å². The molecule has 0 bridgehead atoms. The van der Waals surface area contributed by atoms with E-state index in [1.54, 1.807) is 0 Å². The summed E-state index contributed by atoms with van der Waals surface area (Å²) < 4.78 is 2.28. The van der Waals surface area contributed by atoms with Gasteiger partial charge >= 0.3 is 0 Å². The third-order valence-electron chi connectivity index (χ3n) is 7.15. The molecule has 4 nitrogen and oxygen atoms in total. The molecule has 0 atom stereocenters. The molecule has 0 unspecified atom stereocenters. The van der Waals surface area contributed by atoms with Crippen molar-refractivity contribution in [2.45, 2.75) is 0 Å². The summed E-state index contributed by atoms with van der Waals surface area (Å²) in [5, 5.41) is 3.53. The highest BCUT2D eigenvalue weighted by Gasteiger charge is 2.17. The van der Waals surface area contributed by atoms with E-state index in [4.69, 9.17) is 15.0 Å². The van der Waals surface area contributed by atoms with Gasteiger partial charge in [0.2, 0.25) is 0 Å². The fourth-order valence-corrected chi connectivity index (χ4v) is 5.45. The molecule has 3 aromatic heterocycles. The van der Waals surface area contributed by atoms with Crippen LogP contribution in [0.5, 0.6) is 0 Å². The minimum absolute atomic E-state index is 0.873. The predicted octanol–water partition coefficient (Wildman–Crippen LogP) is 8.07. The zero-order valence-electron chi connectivity index (χ0n) is 19.8. The smallest absolute Gasteiger partial charge is 0.146 e. The molecule has 0 aliphatic carbocycles. The highest BCUT2D eigenvalue weighted by molar-refractivity contribution is 6.14. The first-order valence-electron chi connectivity index (χ1n) is 12.4. The molecular weight excluding hydrogens is 452 g/mol. The van der Waals surface area contributed by atoms with Gasteiger partial charge in [-0.1, -0.05) is 91.0 Å². The molecule has 3 heterocycles. The topological polar surface area (TPSA) is 43.1 Å². The number of imidazole rings is 1. The van der Waals surface area contributed by atoms with Gasteiger partial charge in [0.1, 0.15) is 5.65 Å². The average molecular weight is 473 g/mol. The summed E-state index contributed by atoms with van der Waals surface area (Å²) in [5.74, 6) is 0. The number of pyridine rings is 1. The summed E-state index contributed by atoms with van der Waals surface area (Å²) in [6, 6.07) is 41.9. The Hall–Kier alpha value is -5.09. The lowest BCUT2D eigenvalue weighted by molar-refractivity contribution is 1.28. The largest absolute Gasteiger partial charge is 0.292 e. The van der Waals surface area contributed by atoms with E-state index in [1.165, 1.54) is 10.8 Å². The number of hydrogen-bond acceptors (Lipinski definition) is 3. The van der Waals surface area contributed by atoms with Gasteiger partial charge in [-0.3, -0.25) is 4.40 Å². The van der Waals surface area contributed by atoms with Crippen molar-refractivity contribution in [2.75, 3.05) is 0 Å². The summed E-state index contributed by atoms with van der Waals surface area (Å²) in [4.78, 5) is 15.2. The maximum absolute atomic E-state index is 5.13. The zero-order valence-corrected chi connectivity index (χ0v) is 19.8. The van der Waals surface area contributed by atoms with E-state index >= 15 is 0 Å². The summed E-state index contributed by atoms with van der Waals surface area (Å²) in [6.45, 7) is 0. The molecule has 0 aliphatic heterocycles. The summed E-state index contributed by atoms with van der Waals surface area (Å²) in [7, 11) is 0. The third kappa shape index (κ3) is 2.99. The first-order chi connectivity index (χ1) is 18.3. The van der Waals surface area contributed by atoms with Crippen LogP contribution in [-0.4, -0.2) is 19.4 Å². The second kappa shape index (κ2) is 7.70. The molecular formula is C33H20N4. The standard InChI is InChI=1S/C33H20N4/c1-2-10-21(11-3-1)31-32(35-27-15-7-6-14-26(27)34-31)22-18-19-24-23-12-4-5-13-25(23)33-36-28-16-8-9-17-29(28)37(33)30(24)20-22/h1-20H. The number of benzene rings is 5. The Balaban J connectivity index is 1.51. The van der Waals surface area contributed by atoms with E-state index in [-0.39, 0.29) is 0 Å².